The maximum Gasteiger partial charge on any atom is 0.169 e. The van der Waals surface area contributed by atoms with E-state index in [1.165, 1.54) is 31.2 Å². The summed E-state index contributed by atoms with van der Waals surface area (Å²) in [7, 11) is 0. The zero-order chi connectivity index (χ0) is 14.2. The lowest BCUT2D eigenvalue weighted by Crippen LogP contribution is -1.92. The van der Waals surface area contributed by atoms with Crippen molar-refractivity contribution in [1.29, 1.82) is 0 Å². The van der Waals surface area contributed by atoms with Crippen LogP contribution < -0.4 is 4.74 Å². The molecule has 0 saturated carbocycles. The maximum absolute atomic E-state index is 9.78. The lowest BCUT2D eigenvalue weighted by Gasteiger charge is -2.12. The summed E-state index contributed by atoms with van der Waals surface area (Å²) >= 11 is 0. The Balaban J connectivity index is 2.06. The van der Waals surface area contributed by atoms with Crippen molar-refractivity contribution >= 4 is 0 Å². The van der Waals surface area contributed by atoms with Gasteiger partial charge in [-0.25, -0.2) is 0 Å². The quantitative estimate of drug-likeness (QED) is 0.691. The summed E-state index contributed by atoms with van der Waals surface area (Å²) in [6.07, 6.45) is 5.97. The second-order valence-electron chi connectivity index (χ2n) is 4.99. The third kappa shape index (κ3) is 4.02. The summed E-state index contributed by atoms with van der Waals surface area (Å²) in [5.74, 6) is 1.52. The van der Waals surface area contributed by atoms with E-state index in [0.29, 0.717) is 5.75 Å². The van der Waals surface area contributed by atoms with Crippen molar-refractivity contribution in [3.8, 4) is 17.2 Å². The predicted octanol–water partition coefficient (Wildman–Crippen LogP) is 5.31. The van der Waals surface area contributed by atoms with E-state index in [1.54, 1.807) is 18.2 Å². The molecule has 0 atom stereocenters. The summed E-state index contributed by atoms with van der Waals surface area (Å²) < 4.78 is 5.85. The Morgan fingerprint density at radius 3 is 2.30 bits per heavy atom. The van der Waals surface area contributed by atoms with Crippen molar-refractivity contribution in [3.63, 3.8) is 0 Å². The molecule has 2 rings (SSSR count). The van der Waals surface area contributed by atoms with Crippen LogP contribution in [0.1, 0.15) is 38.2 Å². The molecule has 0 spiro atoms. The van der Waals surface area contributed by atoms with Crippen molar-refractivity contribution in [3.05, 3.63) is 54.1 Å². The number of rotatable bonds is 7. The highest BCUT2D eigenvalue weighted by Crippen LogP contribution is 2.32. The number of phenols is 1. The largest absolute Gasteiger partial charge is 0.504 e. The zero-order valence-corrected chi connectivity index (χ0v) is 12.0. The molecular formula is C18H22O2. The fourth-order valence-corrected chi connectivity index (χ4v) is 2.21. The number of ether oxygens (including phenoxy) is 1. The molecule has 0 saturated heterocycles. The topological polar surface area (TPSA) is 29.5 Å². The Kier molecular flexibility index (Phi) is 5.48. The molecule has 2 aromatic carbocycles. The van der Waals surface area contributed by atoms with E-state index >= 15 is 0 Å². The second-order valence-corrected chi connectivity index (χ2v) is 4.99. The number of para-hydroxylation sites is 3. The molecule has 2 nitrogen and oxygen atoms in total. The van der Waals surface area contributed by atoms with E-state index < -0.39 is 0 Å². The lowest BCUT2D eigenvalue weighted by atomic mass is 10.1. The highest BCUT2D eigenvalue weighted by atomic mass is 16.5. The molecule has 0 aliphatic rings. The molecule has 0 aromatic heterocycles. The monoisotopic (exact) mass is 270 g/mol. The van der Waals surface area contributed by atoms with Gasteiger partial charge in [0.15, 0.2) is 11.5 Å². The van der Waals surface area contributed by atoms with Gasteiger partial charge in [-0.05, 0) is 36.6 Å². The Morgan fingerprint density at radius 2 is 1.55 bits per heavy atom. The number of unbranched alkanes of at least 4 members (excludes halogenated alkanes) is 3. The molecular weight excluding hydrogens is 248 g/mol. The van der Waals surface area contributed by atoms with Gasteiger partial charge < -0.3 is 9.84 Å². The fourth-order valence-electron chi connectivity index (χ4n) is 2.21. The van der Waals surface area contributed by atoms with Gasteiger partial charge in [0, 0.05) is 0 Å². The van der Waals surface area contributed by atoms with E-state index in [4.69, 9.17) is 4.74 Å². The first-order valence-corrected chi connectivity index (χ1v) is 7.35. The number of phenolic OH excluding ortho intramolecular Hbond substituents is 1. The van der Waals surface area contributed by atoms with Gasteiger partial charge in [-0.15, -0.1) is 0 Å². The summed E-state index contributed by atoms with van der Waals surface area (Å²) in [5, 5.41) is 9.78. The van der Waals surface area contributed by atoms with Gasteiger partial charge in [0.25, 0.3) is 0 Å². The number of aromatic hydroxyl groups is 1. The van der Waals surface area contributed by atoms with Gasteiger partial charge in [0.2, 0.25) is 0 Å². The number of benzene rings is 2. The van der Waals surface area contributed by atoms with Crippen LogP contribution in [-0.4, -0.2) is 5.11 Å². The first-order chi connectivity index (χ1) is 9.81. The van der Waals surface area contributed by atoms with E-state index in [2.05, 4.69) is 13.0 Å². The standard InChI is InChI=1S/C18H22O2/c1-2-3-4-5-10-15-11-6-8-13-17(15)20-18-14-9-7-12-16(18)19/h6-9,11-14,19H,2-5,10H2,1H3. The second kappa shape index (κ2) is 7.59. The van der Waals surface area contributed by atoms with Crippen molar-refractivity contribution < 1.29 is 9.84 Å². The third-order valence-electron chi connectivity index (χ3n) is 3.36. The average Bonchev–Trinajstić information content (AvgIpc) is 2.47. The van der Waals surface area contributed by atoms with Crippen LogP contribution in [0, 0.1) is 0 Å². The molecule has 0 unspecified atom stereocenters. The Labute approximate surface area is 121 Å². The minimum absolute atomic E-state index is 0.174. The first kappa shape index (κ1) is 14.4. The summed E-state index contributed by atoms with van der Waals surface area (Å²) in [5.41, 5.74) is 1.20. The van der Waals surface area contributed by atoms with Gasteiger partial charge in [-0.2, -0.15) is 0 Å². The smallest absolute Gasteiger partial charge is 0.169 e. The van der Waals surface area contributed by atoms with Crippen molar-refractivity contribution in [2.24, 2.45) is 0 Å². The van der Waals surface area contributed by atoms with Gasteiger partial charge in [0.05, 0.1) is 0 Å². The van der Waals surface area contributed by atoms with Crippen LogP contribution in [0.5, 0.6) is 17.2 Å². The van der Waals surface area contributed by atoms with Crippen molar-refractivity contribution in [2.45, 2.75) is 39.0 Å². The van der Waals surface area contributed by atoms with Gasteiger partial charge >= 0.3 is 0 Å². The van der Waals surface area contributed by atoms with Crippen molar-refractivity contribution in [2.75, 3.05) is 0 Å². The molecule has 0 fully saturated rings. The molecule has 2 heteroatoms. The van der Waals surface area contributed by atoms with Crippen LogP contribution in [-0.2, 0) is 6.42 Å². The SMILES string of the molecule is CCCCCCc1ccccc1Oc1ccccc1O. The maximum atomic E-state index is 9.78. The van der Waals surface area contributed by atoms with E-state index in [9.17, 15) is 5.11 Å². The Hall–Kier alpha value is -1.96. The average molecular weight is 270 g/mol. The van der Waals surface area contributed by atoms with Crippen LogP contribution >= 0.6 is 0 Å². The Bertz CT molecular complexity index is 534. The Morgan fingerprint density at radius 1 is 0.850 bits per heavy atom. The van der Waals surface area contributed by atoms with E-state index in [1.807, 2.05) is 24.3 Å². The van der Waals surface area contributed by atoms with Crippen LogP contribution in [0.2, 0.25) is 0 Å². The van der Waals surface area contributed by atoms with Gasteiger partial charge in [-0.1, -0.05) is 56.5 Å². The van der Waals surface area contributed by atoms with Crippen LogP contribution in [0.15, 0.2) is 48.5 Å². The summed E-state index contributed by atoms with van der Waals surface area (Å²) in [6.45, 7) is 2.22. The third-order valence-corrected chi connectivity index (χ3v) is 3.36. The summed E-state index contributed by atoms with van der Waals surface area (Å²) in [6, 6.07) is 15.1. The highest BCUT2D eigenvalue weighted by molar-refractivity contribution is 5.44. The molecule has 0 heterocycles. The van der Waals surface area contributed by atoms with Crippen molar-refractivity contribution in [1.82, 2.24) is 0 Å². The molecule has 0 radical (unpaired) electrons. The zero-order valence-electron chi connectivity index (χ0n) is 12.0. The van der Waals surface area contributed by atoms with Crippen LogP contribution in [0.4, 0.5) is 0 Å². The predicted molar refractivity (Wildman–Crippen MR) is 82.5 cm³/mol. The minimum Gasteiger partial charge on any atom is -0.504 e. The lowest BCUT2D eigenvalue weighted by molar-refractivity contribution is 0.408. The molecule has 20 heavy (non-hydrogen) atoms. The van der Waals surface area contributed by atoms with E-state index in [0.717, 1.165) is 12.2 Å². The molecule has 2 aromatic rings. The number of aryl methyl sites for hydroxylation is 1. The summed E-state index contributed by atoms with van der Waals surface area (Å²) in [4.78, 5) is 0. The molecule has 1 N–H and O–H groups in total. The van der Waals surface area contributed by atoms with Crippen LogP contribution in [0.25, 0.3) is 0 Å². The van der Waals surface area contributed by atoms with Gasteiger partial charge in [-0.3, -0.25) is 0 Å². The molecule has 0 aliphatic carbocycles. The van der Waals surface area contributed by atoms with Crippen LogP contribution in [0.3, 0.4) is 0 Å². The van der Waals surface area contributed by atoms with E-state index in [-0.39, 0.29) is 5.75 Å². The number of hydrogen-bond donors (Lipinski definition) is 1. The highest BCUT2D eigenvalue weighted by Gasteiger charge is 2.07. The molecule has 0 amide bonds. The molecule has 0 aliphatic heterocycles. The first-order valence-electron chi connectivity index (χ1n) is 7.35. The number of hydrogen-bond acceptors (Lipinski definition) is 2. The normalized spacial score (nSPS) is 10.4. The van der Waals surface area contributed by atoms with Gasteiger partial charge in [0.1, 0.15) is 5.75 Å². The fraction of sp³-hybridized carbons (Fsp3) is 0.333. The minimum atomic E-state index is 0.174. The molecule has 0 bridgehead atoms. The molecule has 106 valence electrons.